The first-order chi connectivity index (χ1) is 7.76. The molecule has 1 atom stereocenters. The van der Waals surface area contributed by atoms with Crippen LogP contribution in [0.1, 0.15) is 18.9 Å². The van der Waals surface area contributed by atoms with Crippen molar-refractivity contribution in [2.75, 3.05) is 18.1 Å². The van der Waals surface area contributed by atoms with E-state index in [4.69, 9.17) is 10.5 Å². The molecule has 0 saturated heterocycles. The van der Waals surface area contributed by atoms with Crippen molar-refractivity contribution >= 4 is 10.8 Å². The van der Waals surface area contributed by atoms with E-state index in [1.165, 1.54) is 0 Å². The van der Waals surface area contributed by atoms with Gasteiger partial charge in [-0.2, -0.15) is 0 Å². The van der Waals surface area contributed by atoms with E-state index in [0.29, 0.717) is 18.9 Å². The van der Waals surface area contributed by atoms with Gasteiger partial charge in [0.1, 0.15) is 5.75 Å². The number of nitrogens with two attached hydrogens (primary N) is 1. The molecule has 90 valence electrons. The minimum absolute atomic E-state index is 0.509. The molecule has 1 aromatic carbocycles. The molecule has 16 heavy (non-hydrogen) atoms. The highest BCUT2D eigenvalue weighted by atomic mass is 32.2. The normalized spacial score (nSPS) is 12.4. The van der Waals surface area contributed by atoms with Crippen LogP contribution in [0.15, 0.2) is 24.3 Å². The lowest BCUT2D eigenvalue weighted by Crippen LogP contribution is -2.10. The van der Waals surface area contributed by atoms with Crippen molar-refractivity contribution in [3.05, 3.63) is 29.8 Å². The van der Waals surface area contributed by atoms with Gasteiger partial charge in [0.25, 0.3) is 0 Å². The van der Waals surface area contributed by atoms with Crippen LogP contribution in [0.5, 0.6) is 5.75 Å². The van der Waals surface area contributed by atoms with E-state index < -0.39 is 10.8 Å². The molecule has 0 bridgehead atoms. The SMILES string of the molecule is CCCS(=O)CCOc1ccc(CN)cc1. The van der Waals surface area contributed by atoms with Gasteiger partial charge in [0.15, 0.2) is 0 Å². The molecule has 1 rings (SSSR count). The number of hydrogen-bond donors (Lipinski definition) is 1. The van der Waals surface area contributed by atoms with E-state index >= 15 is 0 Å². The summed E-state index contributed by atoms with van der Waals surface area (Å²) in [5, 5.41) is 0. The van der Waals surface area contributed by atoms with Crippen molar-refractivity contribution in [2.45, 2.75) is 19.9 Å². The first-order valence-electron chi connectivity index (χ1n) is 5.53. The molecule has 4 heteroatoms. The molecule has 0 aromatic heterocycles. The molecule has 0 radical (unpaired) electrons. The maximum absolute atomic E-state index is 11.3. The highest BCUT2D eigenvalue weighted by Gasteiger charge is 1.99. The van der Waals surface area contributed by atoms with E-state index in [0.717, 1.165) is 23.5 Å². The van der Waals surface area contributed by atoms with Gasteiger partial charge in [0.2, 0.25) is 0 Å². The van der Waals surface area contributed by atoms with Gasteiger partial charge in [-0.15, -0.1) is 0 Å². The summed E-state index contributed by atoms with van der Waals surface area (Å²) in [5.41, 5.74) is 6.58. The second kappa shape index (κ2) is 7.41. The van der Waals surface area contributed by atoms with Crippen LogP contribution >= 0.6 is 0 Å². The summed E-state index contributed by atoms with van der Waals surface area (Å²) < 4.78 is 16.8. The molecule has 0 spiro atoms. The number of benzene rings is 1. The Bertz CT molecular complexity index is 324. The maximum atomic E-state index is 11.3. The Balaban J connectivity index is 2.29. The van der Waals surface area contributed by atoms with Crippen LogP contribution < -0.4 is 10.5 Å². The first-order valence-corrected chi connectivity index (χ1v) is 7.02. The lowest BCUT2D eigenvalue weighted by Gasteiger charge is -2.06. The molecule has 0 fully saturated rings. The molecule has 0 aliphatic heterocycles. The zero-order valence-electron chi connectivity index (χ0n) is 9.65. The topological polar surface area (TPSA) is 52.3 Å². The molecule has 1 aromatic rings. The average molecular weight is 241 g/mol. The van der Waals surface area contributed by atoms with Crippen LogP contribution in [-0.2, 0) is 17.3 Å². The molecular formula is C12H19NO2S. The summed E-state index contributed by atoms with van der Waals surface area (Å²) in [6, 6.07) is 7.67. The molecule has 3 nitrogen and oxygen atoms in total. The molecule has 0 saturated carbocycles. The Kier molecular flexibility index (Phi) is 6.11. The van der Waals surface area contributed by atoms with Crippen LogP contribution in [0.25, 0.3) is 0 Å². The molecule has 0 aliphatic carbocycles. The Morgan fingerprint density at radius 3 is 2.50 bits per heavy atom. The van der Waals surface area contributed by atoms with Gasteiger partial charge >= 0.3 is 0 Å². The standard InChI is InChI=1S/C12H19NO2S/c1-2-8-16(14)9-7-15-12-5-3-11(10-13)4-6-12/h3-6H,2,7-10,13H2,1H3. The van der Waals surface area contributed by atoms with Gasteiger partial charge < -0.3 is 10.5 Å². The lowest BCUT2D eigenvalue weighted by molar-refractivity contribution is 0.342. The van der Waals surface area contributed by atoms with Crippen molar-refractivity contribution in [3.8, 4) is 5.75 Å². The Morgan fingerprint density at radius 1 is 1.25 bits per heavy atom. The molecule has 1 unspecified atom stereocenters. The molecule has 0 heterocycles. The molecule has 0 aliphatic rings. The van der Waals surface area contributed by atoms with Gasteiger partial charge in [-0.1, -0.05) is 19.1 Å². The smallest absolute Gasteiger partial charge is 0.119 e. The third-order valence-electron chi connectivity index (χ3n) is 2.17. The summed E-state index contributed by atoms with van der Waals surface area (Å²) in [7, 11) is -0.745. The van der Waals surface area contributed by atoms with E-state index in [1.54, 1.807) is 0 Å². The maximum Gasteiger partial charge on any atom is 0.119 e. The van der Waals surface area contributed by atoms with Crippen LogP contribution in [0, 0.1) is 0 Å². The van der Waals surface area contributed by atoms with E-state index in [1.807, 2.05) is 31.2 Å². The zero-order valence-corrected chi connectivity index (χ0v) is 10.5. The van der Waals surface area contributed by atoms with Crippen molar-refractivity contribution in [3.63, 3.8) is 0 Å². The highest BCUT2D eigenvalue weighted by Crippen LogP contribution is 2.11. The highest BCUT2D eigenvalue weighted by molar-refractivity contribution is 7.84. The third-order valence-corrected chi connectivity index (χ3v) is 3.66. The van der Waals surface area contributed by atoms with E-state index in [9.17, 15) is 4.21 Å². The summed E-state index contributed by atoms with van der Waals surface area (Å²) in [4.78, 5) is 0. The summed E-state index contributed by atoms with van der Waals surface area (Å²) in [6.45, 7) is 3.08. The predicted molar refractivity (Wildman–Crippen MR) is 68.0 cm³/mol. The van der Waals surface area contributed by atoms with Crippen LogP contribution in [0.3, 0.4) is 0 Å². The quantitative estimate of drug-likeness (QED) is 0.790. The van der Waals surface area contributed by atoms with Crippen molar-refractivity contribution in [1.82, 2.24) is 0 Å². The fourth-order valence-corrected chi connectivity index (χ4v) is 2.23. The van der Waals surface area contributed by atoms with Crippen LogP contribution in [0.2, 0.25) is 0 Å². The largest absolute Gasteiger partial charge is 0.493 e. The van der Waals surface area contributed by atoms with E-state index in [2.05, 4.69) is 0 Å². The summed E-state index contributed by atoms with van der Waals surface area (Å²) >= 11 is 0. The lowest BCUT2D eigenvalue weighted by atomic mass is 10.2. The van der Waals surface area contributed by atoms with Gasteiger partial charge in [0.05, 0.1) is 12.4 Å². The minimum atomic E-state index is -0.745. The van der Waals surface area contributed by atoms with Crippen molar-refractivity contribution < 1.29 is 8.95 Å². The summed E-state index contributed by atoms with van der Waals surface area (Å²) in [5.74, 6) is 2.17. The van der Waals surface area contributed by atoms with Crippen molar-refractivity contribution in [1.29, 1.82) is 0 Å². The fourth-order valence-electron chi connectivity index (χ4n) is 1.30. The second-order valence-electron chi connectivity index (χ2n) is 3.54. The monoisotopic (exact) mass is 241 g/mol. The van der Waals surface area contributed by atoms with Gasteiger partial charge in [-0.3, -0.25) is 4.21 Å². The minimum Gasteiger partial charge on any atom is -0.493 e. The Labute approximate surface area is 99.4 Å². The zero-order chi connectivity index (χ0) is 11.8. The van der Waals surface area contributed by atoms with Crippen molar-refractivity contribution in [2.24, 2.45) is 5.73 Å². The second-order valence-corrected chi connectivity index (χ2v) is 5.24. The predicted octanol–water partition coefficient (Wildman–Crippen LogP) is 1.68. The van der Waals surface area contributed by atoms with Crippen LogP contribution in [0.4, 0.5) is 0 Å². The van der Waals surface area contributed by atoms with Gasteiger partial charge in [0, 0.05) is 23.1 Å². The first kappa shape index (κ1) is 13.2. The van der Waals surface area contributed by atoms with Gasteiger partial charge in [-0.05, 0) is 24.1 Å². The van der Waals surface area contributed by atoms with Crippen LogP contribution in [-0.4, -0.2) is 22.3 Å². The summed E-state index contributed by atoms with van der Waals surface area (Å²) in [6.07, 6.45) is 0.956. The molecule has 2 N–H and O–H groups in total. The Morgan fingerprint density at radius 2 is 1.94 bits per heavy atom. The van der Waals surface area contributed by atoms with Gasteiger partial charge in [-0.25, -0.2) is 0 Å². The fraction of sp³-hybridized carbons (Fsp3) is 0.500. The van der Waals surface area contributed by atoms with E-state index in [-0.39, 0.29) is 0 Å². The Hall–Kier alpha value is -0.870. The average Bonchev–Trinajstić information content (AvgIpc) is 2.30. The molecular weight excluding hydrogens is 222 g/mol. The number of rotatable bonds is 7. The molecule has 0 amide bonds. The third kappa shape index (κ3) is 4.77. The number of ether oxygens (including phenoxy) is 1. The number of hydrogen-bond acceptors (Lipinski definition) is 3.